The second kappa shape index (κ2) is 6.18. The first kappa shape index (κ1) is 14.6. The molecule has 0 saturated heterocycles. The van der Waals surface area contributed by atoms with Crippen molar-refractivity contribution in [3.8, 4) is 0 Å². The van der Waals surface area contributed by atoms with Crippen LogP contribution >= 0.6 is 22.9 Å². The van der Waals surface area contributed by atoms with Crippen molar-refractivity contribution in [2.75, 3.05) is 6.54 Å². The SMILES string of the molecule is CCNC(Cc1cn2ccsc2n1)c1ccc(C)cc1Cl. The van der Waals surface area contributed by atoms with E-state index in [-0.39, 0.29) is 6.04 Å². The maximum Gasteiger partial charge on any atom is 0.193 e. The summed E-state index contributed by atoms with van der Waals surface area (Å²) in [5, 5.41) is 6.38. The van der Waals surface area contributed by atoms with Crippen LogP contribution in [-0.2, 0) is 6.42 Å². The Hall–Kier alpha value is -1.36. The van der Waals surface area contributed by atoms with E-state index in [9.17, 15) is 0 Å². The van der Waals surface area contributed by atoms with Crippen LogP contribution in [0.1, 0.15) is 29.8 Å². The molecule has 21 heavy (non-hydrogen) atoms. The van der Waals surface area contributed by atoms with Gasteiger partial charge in [0.2, 0.25) is 0 Å². The van der Waals surface area contributed by atoms with Gasteiger partial charge in [0, 0.05) is 35.3 Å². The zero-order chi connectivity index (χ0) is 14.8. The molecule has 1 aromatic carbocycles. The van der Waals surface area contributed by atoms with Crippen molar-refractivity contribution in [1.29, 1.82) is 0 Å². The lowest BCUT2D eigenvalue weighted by Crippen LogP contribution is -2.23. The molecule has 3 rings (SSSR count). The number of imidazole rings is 1. The number of hydrogen-bond donors (Lipinski definition) is 1. The Morgan fingerprint density at radius 1 is 1.43 bits per heavy atom. The lowest BCUT2D eigenvalue weighted by molar-refractivity contribution is 0.545. The molecular weight excluding hydrogens is 302 g/mol. The Morgan fingerprint density at radius 2 is 2.29 bits per heavy atom. The van der Waals surface area contributed by atoms with E-state index in [2.05, 4.69) is 46.9 Å². The summed E-state index contributed by atoms with van der Waals surface area (Å²) in [6.07, 6.45) is 4.97. The number of likely N-dealkylation sites (N-methyl/N-ethyl adjacent to an activating group) is 1. The number of thiazole rings is 1. The summed E-state index contributed by atoms with van der Waals surface area (Å²) in [6, 6.07) is 6.43. The molecule has 2 heterocycles. The molecule has 0 aliphatic heterocycles. The largest absolute Gasteiger partial charge is 0.310 e. The summed E-state index contributed by atoms with van der Waals surface area (Å²) in [7, 11) is 0. The van der Waals surface area contributed by atoms with E-state index >= 15 is 0 Å². The van der Waals surface area contributed by atoms with E-state index in [0.29, 0.717) is 0 Å². The zero-order valence-electron chi connectivity index (χ0n) is 12.1. The molecule has 0 spiro atoms. The molecule has 1 atom stereocenters. The van der Waals surface area contributed by atoms with Crippen LogP contribution in [0.15, 0.2) is 36.0 Å². The van der Waals surface area contributed by atoms with Gasteiger partial charge in [0.05, 0.1) is 5.69 Å². The van der Waals surface area contributed by atoms with Crippen molar-refractivity contribution in [3.63, 3.8) is 0 Å². The molecule has 3 nitrogen and oxygen atoms in total. The highest BCUT2D eigenvalue weighted by Gasteiger charge is 2.16. The summed E-state index contributed by atoms with van der Waals surface area (Å²) >= 11 is 8.08. The molecule has 3 aromatic rings. The smallest absolute Gasteiger partial charge is 0.193 e. The number of fused-ring (bicyclic) bond motifs is 1. The number of benzene rings is 1. The fraction of sp³-hybridized carbons (Fsp3) is 0.312. The van der Waals surface area contributed by atoms with Crippen molar-refractivity contribution in [2.45, 2.75) is 26.3 Å². The van der Waals surface area contributed by atoms with Crippen molar-refractivity contribution in [1.82, 2.24) is 14.7 Å². The van der Waals surface area contributed by atoms with E-state index in [1.165, 1.54) is 5.56 Å². The van der Waals surface area contributed by atoms with Gasteiger partial charge in [-0.15, -0.1) is 11.3 Å². The first-order valence-corrected chi connectivity index (χ1v) is 8.33. The fourth-order valence-corrected chi connectivity index (χ4v) is 3.62. The lowest BCUT2D eigenvalue weighted by atomic mass is 10.0. The van der Waals surface area contributed by atoms with Crippen LogP contribution in [0.25, 0.3) is 4.96 Å². The van der Waals surface area contributed by atoms with Crippen molar-refractivity contribution >= 4 is 27.9 Å². The van der Waals surface area contributed by atoms with Crippen LogP contribution < -0.4 is 5.32 Å². The number of halogens is 1. The molecular formula is C16H18ClN3S. The van der Waals surface area contributed by atoms with E-state index in [1.807, 2.05) is 17.6 Å². The van der Waals surface area contributed by atoms with Crippen LogP contribution in [0.3, 0.4) is 0 Å². The molecule has 0 aliphatic rings. The van der Waals surface area contributed by atoms with E-state index in [0.717, 1.165) is 34.2 Å². The lowest BCUT2D eigenvalue weighted by Gasteiger charge is -2.19. The van der Waals surface area contributed by atoms with Gasteiger partial charge in [0.25, 0.3) is 0 Å². The fourth-order valence-electron chi connectivity index (χ4n) is 2.54. The Balaban J connectivity index is 1.88. The molecule has 1 N–H and O–H groups in total. The van der Waals surface area contributed by atoms with Crippen LogP contribution in [0.5, 0.6) is 0 Å². The molecule has 0 aliphatic carbocycles. The average Bonchev–Trinajstić information content (AvgIpc) is 2.99. The number of hydrogen-bond acceptors (Lipinski definition) is 3. The van der Waals surface area contributed by atoms with Crippen LogP contribution in [0, 0.1) is 6.92 Å². The average molecular weight is 320 g/mol. The van der Waals surface area contributed by atoms with Gasteiger partial charge in [-0.1, -0.05) is 30.7 Å². The zero-order valence-corrected chi connectivity index (χ0v) is 13.7. The monoisotopic (exact) mass is 319 g/mol. The van der Waals surface area contributed by atoms with Crippen molar-refractivity contribution < 1.29 is 0 Å². The predicted octanol–water partition coefficient (Wildman–Crippen LogP) is 4.25. The molecule has 5 heteroatoms. The molecule has 0 amide bonds. The number of nitrogens with one attached hydrogen (secondary N) is 1. The number of rotatable bonds is 5. The predicted molar refractivity (Wildman–Crippen MR) is 89.4 cm³/mol. The van der Waals surface area contributed by atoms with Crippen molar-refractivity contribution in [2.24, 2.45) is 0 Å². The summed E-state index contributed by atoms with van der Waals surface area (Å²) in [5.74, 6) is 0. The van der Waals surface area contributed by atoms with Gasteiger partial charge < -0.3 is 5.32 Å². The minimum absolute atomic E-state index is 0.188. The van der Waals surface area contributed by atoms with Gasteiger partial charge in [0.15, 0.2) is 4.96 Å². The first-order chi connectivity index (χ1) is 10.2. The van der Waals surface area contributed by atoms with Crippen LogP contribution in [0.4, 0.5) is 0 Å². The van der Waals surface area contributed by atoms with Gasteiger partial charge >= 0.3 is 0 Å². The highest BCUT2D eigenvalue weighted by molar-refractivity contribution is 7.15. The van der Waals surface area contributed by atoms with Gasteiger partial charge in [-0.2, -0.15) is 0 Å². The van der Waals surface area contributed by atoms with Gasteiger partial charge in [-0.05, 0) is 30.7 Å². The highest BCUT2D eigenvalue weighted by atomic mass is 35.5. The van der Waals surface area contributed by atoms with Crippen molar-refractivity contribution in [3.05, 3.63) is 57.8 Å². The second-order valence-electron chi connectivity index (χ2n) is 5.16. The van der Waals surface area contributed by atoms with E-state index in [4.69, 9.17) is 11.6 Å². The first-order valence-electron chi connectivity index (χ1n) is 7.08. The molecule has 1 unspecified atom stereocenters. The minimum Gasteiger partial charge on any atom is -0.310 e. The third-order valence-electron chi connectivity index (χ3n) is 3.54. The van der Waals surface area contributed by atoms with Gasteiger partial charge in [-0.25, -0.2) is 4.98 Å². The quantitative estimate of drug-likeness (QED) is 0.761. The molecule has 0 radical (unpaired) electrons. The highest BCUT2D eigenvalue weighted by Crippen LogP contribution is 2.27. The third kappa shape index (κ3) is 3.12. The van der Waals surface area contributed by atoms with E-state index in [1.54, 1.807) is 11.3 Å². The maximum atomic E-state index is 6.42. The molecule has 0 fully saturated rings. The molecule has 2 aromatic heterocycles. The number of aromatic nitrogens is 2. The van der Waals surface area contributed by atoms with Crippen LogP contribution in [-0.4, -0.2) is 15.9 Å². The number of nitrogens with zero attached hydrogens (tertiary/aromatic N) is 2. The molecule has 0 bridgehead atoms. The Labute approximate surface area is 133 Å². The standard InChI is InChI=1S/C16H18ClN3S/c1-3-18-15(13-5-4-11(2)8-14(13)17)9-12-10-20-6-7-21-16(20)19-12/h4-8,10,15,18H,3,9H2,1-2H3. The summed E-state index contributed by atoms with van der Waals surface area (Å²) in [6.45, 7) is 5.07. The topological polar surface area (TPSA) is 29.3 Å². The number of aryl methyl sites for hydroxylation is 1. The molecule has 110 valence electrons. The summed E-state index contributed by atoms with van der Waals surface area (Å²) in [5.41, 5.74) is 3.41. The Morgan fingerprint density at radius 3 is 3.00 bits per heavy atom. The normalized spacial score (nSPS) is 12.9. The van der Waals surface area contributed by atoms with Gasteiger partial charge in [0.1, 0.15) is 0 Å². The Kier molecular flexibility index (Phi) is 4.29. The second-order valence-corrected chi connectivity index (χ2v) is 6.44. The van der Waals surface area contributed by atoms with E-state index < -0.39 is 0 Å². The summed E-state index contributed by atoms with van der Waals surface area (Å²) < 4.78 is 2.07. The summed E-state index contributed by atoms with van der Waals surface area (Å²) in [4.78, 5) is 5.70. The molecule has 0 saturated carbocycles. The van der Waals surface area contributed by atoms with Gasteiger partial charge in [-0.3, -0.25) is 4.40 Å². The van der Waals surface area contributed by atoms with Crippen LogP contribution in [0.2, 0.25) is 5.02 Å². The Bertz CT molecular complexity index is 718. The minimum atomic E-state index is 0.188. The maximum absolute atomic E-state index is 6.42. The third-order valence-corrected chi connectivity index (χ3v) is 4.64.